The number of hydrogen-bond donors (Lipinski definition) is 2. The van der Waals surface area contributed by atoms with Crippen LogP contribution in [0.4, 0.5) is 10.5 Å². The standard InChI is InChI=1S/C13H21N5O3/c1-2-21-13(20)16-11-4-3-5-17(8-11)12(19)9-18-7-10(14)6-15-18/h6-7,11H,2-5,8-9,14H2,1H3,(H,16,20). The minimum absolute atomic E-state index is 0.0338. The predicted octanol–water partition coefficient (Wildman–Crippen LogP) is 0.202. The van der Waals surface area contributed by atoms with Crippen LogP contribution in [-0.4, -0.2) is 52.4 Å². The zero-order valence-electron chi connectivity index (χ0n) is 12.1. The maximum Gasteiger partial charge on any atom is 0.407 e. The molecule has 0 aliphatic carbocycles. The Bertz CT molecular complexity index is 502. The molecule has 1 aliphatic rings. The number of anilines is 1. The summed E-state index contributed by atoms with van der Waals surface area (Å²) in [5.41, 5.74) is 6.10. The van der Waals surface area contributed by atoms with E-state index in [1.807, 2.05) is 0 Å². The monoisotopic (exact) mass is 295 g/mol. The van der Waals surface area contributed by atoms with Gasteiger partial charge in [0.15, 0.2) is 0 Å². The molecule has 8 nitrogen and oxygen atoms in total. The van der Waals surface area contributed by atoms with Gasteiger partial charge in [-0.05, 0) is 19.8 Å². The van der Waals surface area contributed by atoms with Crippen molar-refractivity contribution in [2.24, 2.45) is 0 Å². The van der Waals surface area contributed by atoms with E-state index >= 15 is 0 Å². The second kappa shape index (κ2) is 6.96. The molecular formula is C13H21N5O3. The van der Waals surface area contributed by atoms with Gasteiger partial charge in [0.25, 0.3) is 0 Å². The van der Waals surface area contributed by atoms with Crippen LogP contribution >= 0.6 is 0 Å². The summed E-state index contributed by atoms with van der Waals surface area (Å²) in [5.74, 6) is -0.0338. The van der Waals surface area contributed by atoms with Crippen LogP contribution in [-0.2, 0) is 16.1 Å². The smallest absolute Gasteiger partial charge is 0.407 e. The van der Waals surface area contributed by atoms with E-state index in [1.165, 1.54) is 10.9 Å². The molecule has 0 saturated carbocycles. The number of aromatic nitrogens is 2. The molecule has 0 aromatic carbocycles. The molecular weight excluding hydrogens is 274 g/mol. The molecule has 0 radical (unpaired) electrons. The number of alkyl carbamates (subject to hydrolysis) is 1. The molecule has 1 atom stereocenters. The maximum atomic E-state index is 12.2. The average molecular weight is 295 g/mol. The number of nitrogen functional groups attached to an aromatic ring is 1. The topological polar surface area (TPSA) is 102 Å². The van der Waals surface area contributed by atoms with Crippen molar-refractivity contribution in [2.75, 3.05) is 25.4 Å². The Kier molecular flexibility index (Phi) is 5.02. The molecule has 116 valence electrons. The lowest BCUT2D eigenvalue weighted by Crippen LogP contribution is -2.50. The largest absolute Gasteiger partial charge is 0.450 e. The highest BCUT2D eigenvalue weighted by Crippen LogP contribution is 2.11. The summed E-state index contributed by atoms with van der Waals surface area (Å²) in [4.78, 5) is 25.4. The molecule has 0 bridgehead atoms. The first-order valence-electron chi connectivity index (χ1n) is 7.07. The molecule has 2 amide bonds. The number of amides is 2. The van der Waals surface area contributed by atoms with Crippen molar-refractivity contribution >= 4 is 17.7 Å². The van der Waals surface area contributed by atoms with Crippen molar-refractivity contribution < 1.29 is 14.3 Å². The zero-order chi connectivity index (χ0) is 15.2. The molecule has 1 aromatic heterocycles. The number of ether oxygens (including phenoxy) is 1. The molecule has 3 N–H and O–H groups in total. The van der Waals surface area contributed by atoms with Gasteiger partial charge in [-0.1, -0.05) is 0 Å². The van der Waals surface area contributed by atoms with Gasteiger partial charge in [-0.15, -0.1) is 0 Å². The highest BCUT2D eigenvalue weighted by Gasteiger charge is 2.25. The van der Waals surface area contributed by atoms with Crippen LogP contribution < -0.4 is 11.1 Å². The predicted molar refractivity (Wildman–Crippen MR) is 76.4 cm³/mol. The maximum absolute atomic E-state index is 12.2. The third-order valence-electron chi connectivity index (χ3n) is 3.32. The van der Waals surface area contributed by atoms with E-state index in [0.29, 0.717) is 25.4 Å². The van der Waals surface area contributed by atoms with Gasteiger partial charge in [-0.2, -0.15) is 5.10 Å². The van der Waals surface area contributed by atoms with Gasteiger partial charge in [-0.25, -0.2) is 4.79 Å². The SMILES string of the molecule is CCOC(=O)NC1CCCN(C(=O)Cn2cc(N)cn2)C1. The van der Waals surface area contributed by atoms with Crippen LogP contribution in [0.5, 0.6) is 0 Å². The van der Waals surface area contributed by atoms with Gasteiger partial charge in [0.05, 0.1) is 18.5 Å². The lowest BCUT2D eigenvalue weighted by atomic mass is 10.1. The van der Waals surface area contributed by atoms with Crippen LogP contribution in [0.25, 0.3) is 0 Å². The van der Waals surface area contributed by atoms with Crippen LogP contribution in [0, 0.1) is 0 Å². The lowest BCUT2D eigenvalue weighted by Gasteiger charge is -2.32. The van der Waals surface area contributed by atoms with Crippen molar-refractivity contribution in [2.45, 2.75) is 32.4 Å². The highest BCUT2D eigenvalue weighted by molar-refractivity contribution is 5.76. The van der Waals surface area contributed by atoms with E-state index in [0.717, 1.165) is 12.8 Å². The fourth-order valence-electron chi connectivity index (χ4n) is 2.37. The summed E-state index contributed by atoms with van der Waals surface area (Å²) >= 11 is 0. The molecule has 0 spiro atoms. The van der Waals surface area contributed by atoms with E-state index in [2.05, 4.69) is 10.4 Å². The second-order valence-corrected chi connectivity index (χ2v) is 5.01. The summed E-state index contributed by atoms with van der Waals surface area (Å²) in [6.07, 6.45) is 4.39. The zero-order valence-corrected chi connectivity index (χ0v) is 12.1. The third kappa shape index (κ3) is 4.37. The van der Waals surface area contributed by atoms with Crippen LogP contribution in [0.15, 0.2) is 12.4 Å². The Morgan fingerprint density at radius 1 is 1.57 bits per heavy atom. The molecule has 8 heteroatoms. The summed E-state index contributed by atoms with van der Waals surface area (Å²) in [6.45, 7) is 3.43. The number of carbonyl (C=O) groups excluding carboxylic acids is 2. The van der Waals surface area contributed by atoms with Gasteiger partial charge >= 0.3 is 6.09 Å². The molecule has 21 heavy (non-hydrogen) atoms. The Hall–Kier alpha value is -2.25. The highest BCUT2D eigenvalue weighted by atomic mass is 16.5. The number of hydrogen-bond acceptors (Lipinski definition) is 5. The Labute approximate surface area is 123 Å². The summed E-state index contributed by atoms with van der Waals surface area (Å²) < 4.78 is 6.37. The number of nitrogens with one attached hydrogen (secondary N) is 1. The van der Waals surface area contributed by atoms with Crippen molar-refractivity contribution in [3.63, 3.8) is 0 Å². The third-order valence-corrected chi connectivity index (χ3v) is 3.32. The van der Waals surface area contributed by atoms with E-state index < -0.39 is 6.09 Å². The molecule has 1 unspecified atom stereocenters. The normalized spacial score (nSPS) is 18.3. The van der Waals surface area contributed by atoms with Crippen molar-refractivity contribution in [1.29, 1.82) is 0 Å². The average Bonchev–Trinajstić information content (AvgIpc) is 2.84. The first kappa shape index (κ1) is 15.1. The summed E-state index contributed by atoms with van der Waals surface area (Å²) in [7, 11) is 0. The molecule has 1 aromatic rings. The number of piperidine rings is 1. The summed E-state index contributed by atoms with van der Waals surface area (Å²) in [5, 5.41) is 6.77. The Morgan fingerprint density at radius 2 is 2.38 bits per heavy atom. The summed E-state index contributed by atoms with van der Waals surface area (Å²) in [6, 6.07) is -0.0653. The molecule has 1 fully saturated rings. The minimum Gasteiger partial charge on any atom is -0.450 e. The number of nitrogens with zero attached hydrogens (tertiary/aromatic N) is 3. The van der Waals surface area contributed by atoms with E-state index in [4.69, 9.17) is 10.5 Å². The fraction of sp³-hybridized carbons (Fsp3) is 0.615. The Balaban J connectivity index is 1.85. The van der Waals surface area contributed by atoms with Crippen LogP contribution in [0.3, 0.4) is 0 Å². The molecule has 2 heterocycles. The van der Waals surface area contributed by atoms with Gasteiger partial charge in [0.2, 0.25) is 5.91 Å². The quantitative estimate of drug-likeness (QED) is 0.826. The molecule has 2 rings (SSSR count). The van der Waals surface area contributed by atoms with Gasteiger partial charge < -0.3 is 20.7 Å². The van der Waals surface area contributed by atoms with E-state index in [9.17, 15) is 9.59 Å². The molecule has 1 saturated heterocycles. The van der Waals surface area contributed by atoms with Crippen LogP contribution in [0.1, 0.15) is 19.8 Å². The second-order valence-electron chi connectivity index (χ2n) is 5.01. The van der Waals surface area contributed by atoms with Crippen molar-refractivity contribution in [3.8, 4) is 0 Å². The molecule has 1 aliphatic heterocycles. The number of carbonyl (C=O) groups is 2. The van der Waals surface area contributed by atoms with E-state index in [-0.39, 0.29) is 18.5 Å². The van der Waals surface area contributed by atoms with Gasteiger partial charge in [0.1, 0.15) is 6.54 Å². The number of nitrogens with two attached hydrogens (primary N) is 1. The van der Waals surface area contributed by atoms with Crippen molar-refractivity contribution in [3.05, 3.63) is 12.4 Å². The van der Waals surface area contributed by atoms with E-state index in [1.54, 1.807) is 18.0 Å². The minimum atomic E-state index is -0.434. The van der Waals surface area contributed by atoms with Crippen LogP contribution in [0.2, 0.25) is 0 Å². The first-order chi connectivity index (χ1) is 10.1. The van der Waals surface area contributed by atoms with Gasteiger partial charge in [0, 0.05) is 25.3 Å². The fourth-order valence-corrected chi connectivity index (χ4v) is 2.37. The van der Waals surface area contributed by atoms with Crippen molar-refractivity contribution in [1.82, 2.24) is 20.0 Å². The van der Waals surface area contributed by atoms with Gasteiger partial charge in [-0.3, -0.25) is 9.48 Å². The Morgan fingerprint density at radius 3 is 3.05 bits per heavy atom. The first-order valence-corrected chi connectivity index (χ1v) is 7.07. The number of rotatable bonds is 4. The number of likely N-dealkylation sites (tertiary alicyclic amines) is 1. The lowest BCUT2D eigenvalue weighted by molar-refractivity contribution is -0.133.